The van der Waals surface area contributed by atoms with Gasteiger partial charge in [0.05, 0.1) is 0 Å². The van der Waals surface area contributed by atoms with Gasteiger partial charge in [0, 0.05) is 26.2 Å². The van der Waals surface area contributed by atoms with Gasteiger partial charge in [-0.2, -0.15) is 0 Å². The smallest absolute Gasteiger partial charge is 0.260 e. The molecule has 1 saturated heterocycles. The summed E-state index contributed by atoms with van der Waals surface area (Å²) in [6.07, 6.45) is 3.65. The molecule has 1 saturated carbocycles. The Labute approximate surface area is 126 Å². The first-order valence-corrected chi connectivity index (χ1v) is 9.04. The van der Waals surface area contributed by atoms with Crippen molar-refractivity contribution in [2.75, 3.05) is 19.6 Å². The van der Waals surface area contributed by atoms with Crippen LogP contribution in [-0.4, -0.2) is 54.0 Å². The van der Waals surface area contributed by atoms with E-state index in [-0.39, 0.29) is 9.63 Å². The number of rotatable bonds is 5. The fraction of sp³-hybridized carbons (Fsp3) is 0.818. The van der Waals surface area contributed by atoms with Gasteiger partial charge in [0.1, 0.15) is 0 Å². The molecule has 1 atom stereocenters. The number of likely N-dealkylation sites (tertiary alicyclic amines) is 1. The Kier molecular flexibility index (Phi) is 3.87. The molecule has 0 spiro atoms. The molecule has 0 radical (unpaired) electrons. The van der Waals surface area contributed by atoms with Crippen molar-refractivity contribution in [3.05, 3.63) is 4.60 Å². The first kappa shape index (κ1) is 14.4. The summed E-state index contributed by atoms with van der Waals surface area (Å²) >= 11 is 3.12. The monoisotopic (exact) mass is 363 g/mol. The third-order valence-corrected chi connectivity index (χ3v) is 6.24. The summed E-state index contributed by atoms with van der Waals surface area (Å²) in [7, 11) is -2.00. The molecular weight excluding hydrogens is 346 g/mol. The number of aryl methyl sites for hydroxylation is 1. The number of sulfonamides is 1. The van der Waals surface area contributed by atoms with Crippen LogP contribution in [0.25, 0.3) is 0 Å². The van der Waals surface area contributed by atoms with Gasteiger partial charge in [-0.05, 0) is 47.7 Å². The molecule has 2 fully saturated rings. The van der Waals surface area contributed by atoms with Crippen molar-refractivity contribution in [3.8, 4) is 0 Å². The van der Waals surface area contributed by atoms with E-state index in [2.05, 4.69) is 35.9 Å². The lowest BCUT2D eigenvalue weighted by Crippen LogP contribution is -2.32. The summed E-state index contributed by atoms with van der Waals surface area (Å²) < 4.78 is 28.7. The Hall–Kier alpha value is -0.510. The van der Waals surface area contributed by atoms with E-state index in [1.165, 1.54) is 17.5 Å². The molecular formula is C11H18BrN5O2S. The third-order valence-electron chi connectivity index (χ3n) is 3.93. The van der Waals surface area contributed by atoms with Gasteiger partial charge in [0.25, 0.3) is 10.0 Å². The lowest BCUT2D eigenvalue weighted by Gasteiger charge is -2.15. The number of nitrogens with one attached hydrogen (secondary N) is 1. The van der Waals surface area contributed by atoms with E-state index in [1.54, 1.807) is 7.05 Å². The maximum absolute atomic E-state index is 12.3. The summed E-state index contributed by atoms with van der Waals surface area (Å²) in [5, 5.41) is 7.48. The predicted molar refractivity (Wildman–Crippen MR) is 76.6 cm³/mol. The van der Waals surface area contributed by atoms with Crippen LogP contribution in [0.2, 0.25) is 0 Å². The Bertz CT molecular complexity index is 578. The SMILES string of the molecule is Cn1nnc(Br)c1S(=O)(=O)NCC1CCN(C2CC2)C1. The molecule has 1 aromatic heterocycles. The van der Waals surface area contributed by atoms with Gasteiger partial charge in [-0.15, -0.1) is 5.10 Å². The van der Waals surface area contributed by atoms with Crippen LogP contribution < -0.4 is 4.72 Å². The normalized spacial score (nSPS) is 24.4. The van der Waals surface area contributed by atoms with Crippen LogP contribution in [0, 0.1) is 5.92 Å². The Balaban J connectivity index is 1.60. The summed E-state index contributed by atoms with van der Waals surface area (Å²) in [5.74, 6) is 0.394. The summed E-state index contributed by atoms with van der Waals surface area (Å²) in [5.41, 5.74) is 0. The fourth-order valence-electron chi connectivity index (χ4n) is 2.70. The zero-order chi connectivity index (χ0) is 14.3. The molecule has 1 aliphatic carbocycles. The van der Waals surface area contributed by atoms with E-state index in [0.29, 0.717) is 12.5 Å². The third kappa shape index (κ3) is 2.90. The minimum absolute atomic E-state index is 0.0783. The topological polar surface area (TPSA) is 80.1 Å². The largest absolute Gasteiger partial charge is 0.300 e. The number of aromatic nitrogens is 3. The van der Waals surface area contributed by atoms with Gasteiger partial charge in [0.15, 0.2) is 4.60 Å². The van der Waals surface area contributed by atoms with Crippen LogP contribution in [0.1, 0.15) is 19.3 Å². The van der Waals surface area contributed by atoms with E-state index < -0.39 is 10.0 Å². The average Bonchev–Trinajstić information content (AvgIpc) is 3.03. The van der Waals surface area contributed by atoms with Gasteiger partial charge in [-0.3, -0.25) is 0 Å². The molecule has 0 amide bonds. The molecule has 1 N–H and O–H groups in total. The molecule has 7 nitrogen and oxygen atoms in total. The van der Waals surface area contributed by atoms with Gasteiger partial charge in [0.2, 0.25) is 5.03 Å². The number of halogens is 1. The summed E-state index contributed by atoms with van der Waals surface area (Å²) in [4.78, 5) is 2.47. The molecule has 1 aliphatic heterocycles. The van der Waals surface area contributed by atoms with Crippen molar-refractivity contribution in [2.45, 2.75) is 30.3 Å². The number of hydrogen-bond acceptors (Lipinski definition) is 5. The van der Waals surface area contributed by atoms with E-state index >= 15 is 0 Å². The van der Waals surface area contributed by atoms with Gasteiger partial charge >= 0.3 is 0 Å². The zero-order valence-electron chi connectivity index (χ0n) is 11.3. The van der Waals surface area contributed by atoms with Crippen molar-refractivity contribution >= 4 is 26.0 Å². The van der Waals surface area contributed by atoms with E-state index in [4.69, 9.17) is 0 Å². The predicted octanol–water partition coefficient (Wildman–Crippen LogP) is 0.340. The average molecular weight is 364 g/mol. The molecule has 2 heterocycles. The first-order chi connectivity index (χ1) is 9.47. The minimum Gasteiger partial charge on any atom is -0.300 e. The van der Waals surface area contributed by atoms with Crippen molar-refractivity contribution in [2.24, 2.45) is 13.0 Å². The van der Waals surface area contributed by atoms with E-state index in [1.807, 2.05) is 0 Å². The van der Waals surface area contributed by atoms with E-state index in [0.717, 1.165) is 25.6 Å². The highest BCUT2D eigenvalue weighted by molar-refractivity contribution is 9.10. The van der Waals surface area contributed by atoms with Gasteiger partial charge < -0.3 is 4.90 Å². The lowest BCUT2D eigenvalue weighted by atomic mass is 10.1. The highest BCUT2D eigenvalue weighted by Crippen LogP contribution is 2.31. The molecule has 112 valence electrons. The minimum atomic E-state index is -3.57. The Morgan fingerprint density at radius 3 is 2.75 bits per heavy atom. The van der Waals surface area contributed by atoms with Crippen molar-refractivity contribution in [3.63, 3.8) is 0 Å². The Morgan fingerprint density at radius 1 is 1.40 bits per heavy atom. The maximum atomic E-state index is 12.3. The molecule has 0 bridgehead atoms. The quantitative estimate of drug-likeness (QED) is 0.815. The van der Waals surface area contributed by atoms with Gasteiger partial charge in [-0.25, -0.2) is 17.8 Å². The second-order valence-corrected chi connectivity index (χ2v) is 7.98. The number of hydrogen-bond donors (Lipinski definition) is 1. The van der Waals surface area contributed by atoms with Crippen LogP contribution in [0.5, 0.6) is 0 Å². The first-order valence-electron chi connectivity index (χ1n) is 6.76. The fourth-order valence-corrected chi connectivity index (χ4v) is 4.91. The summed E-state index contributed by atoms with van der Waals surface area (Å²) in [6.45, 7) is 2.56. The highest BCUT2D eigenvalue weighted by atomic mass is 79.9. The van der Waals surface area contributed by atoms with Crippen LogP contribution >= 0.6 is 15.9 Å². The van der Waals surface area contributed by atoms with Crippen molar-refractivity contribution in [1.29, 1.82) is 0 Å². The van der Waals surface area contributed by atoms with E-state index in [9.17, 15) is 8.42 Å². The number of nitrogens with zero attached hydrogens (tertiary/aromatic N) is 4. The molecule has 3 rings (SSSR count). The molecule has 9 heteroatoms. The molecule has 2 aliphatic rings. The van der Waals surface area contributed by atoms with Crippen LogP contribution in [-0.2, 0) is 17.1 Å². The Morgan fingerprint density at radius 2 is 2.15 bits per heavy atom. The molecule has 0 aromatic carbocycles. The summed E-state index contributed by atoms with van der Waals surface area (Å²) in [6, 6.07) is 0.757. The lowest BCUT2D eigenvalue weighted by molar-refractivity contribution is 0.314. The van der Waals surface area contributed by atoms with Crippen LogP contribution in [0.3, 0.4) is 0 Å². The zero-order valence-corrected chi connectivity index (χ0v) is 13.7. The van der Waals surface area contributed by atoms with Crippen LogP contribution in [0.15, 0.2) is 9.63 Å². The second-order valence-electron chi connectivity index (χ2n) is 5.54. The maximum Gasteiger partial charge on any atom is 0.260 e. The molecule has 1 unspecified atom stereocenters. The molecule has 1 aromatic rings. The second kappa shape index (κ2) is 5.36. The molecule has 20 heavy (non-hydrogen) atoms. The highest BCUT2D eigenvalue weighted by Gasteiger charge is 2.35. The van der Waals surface area contributed by atoms with Crippen LogP contribution in [0.4, 0.5) is 0 Å². The van der Waals surface area contributed by atoms with Crippen molar-refractivity contribution < 1.29 is 8.42 Å². The van der Waals surface area contributed by atoms with Crippen molar-refractivity contribution in [1.82, 2.24) is 24.6 Å². The van der Waals surface area contributed by atoms with Gasteiger partial charge in [-0.1, -0.05) is 5.21 Å². The standard InChI is InChI=1S/C11H18BrN5O2S/c1-16-11(10(12)14-15-16)20(18,19)13-6-8-4-5-17(7-8)9-2-3-9/h8-9,13H,2-7H2,1H3.